The third kappa shape index (κ3) is 5.56. The summed E-state index contributed by atoms with van der Waals surface area (Å²) in [4.78, 5) is 3.26. The molecule has 0 bridgehead atoms. The highest BCUT2D eigenvalue weighted by molar-refractivity contribution is 7.97. The Morgan fingerprint density at radius 1 is 1.23 bits per heavy atom. The highest BCUT2D eigenvalue weighted by atomic mass is 32.2. The van der Waals surface area contributed by atoms with Gasteiger partial charge in [0.05, 0.1) is 11.2 Å². The number of allylic oxidation sites excluding steroid dienone is 1. The number of aromatic amines is 1. The molecule has 0 unspecified atom stereocenters. The number of H-pyrrole nitrogens is 1. The van der Waals surface area contributed by atoms with Crippen molar-refractivity contribution in [1.82, 2.24) is 10.3 Å². The average Bonchev–Trinajstić information content (AvgIpc) is 3.08. The van der Waals surface area contributed by atoms with Crippen molar-refractivity contribution in [2.75, 3.05) is 12.8 Å². The van der Waals surface area contributed by atoms with Crippen molar-refractivity contribution in [3.8, 4) is 11.3 Å². The zero-order valence-electron chi connectivity index (χ0n) is 18.2. The van der Waals surface area contributed by atoms with Crippen LogP contribution in [-0.4, -0.2) is 23.8 Å². The van der Waals surface area contributed by atoms with Gasteiger partial charge in [-0.1, -0.05) is 18.0 Å². The van der Waals surface area contributed by atoms with Crippen molar-refractivity contribution in [3.05, 3.63) is 71.8 Å². The van der Waals surface area contributed by atoms with Crippen molar-refractivity contribution >= 4 is 22.9 Å². The molecule has 4 rings (SSSR count). The second-order valence-electron chi connectivity index (χ2n) is 8.05. The Morgan fingerprint density at radius 2 is 1.94 bits per heavy atom. The summed E-state index contributed by atoms with van der Waals surface area (Å²) in [6, 6.07) is 10.5. The molecule has 0 radical (unpaired) electrons. The van der Waals surface area contributed by atoms with E-state index in [0.29, 0.717) is 17.5 Å². The van der Waals surface area contributed by atoms with Crippen LogP contribution in [0.15, 0.2) is 49.1 Å². The minimum atomic E-state index is -0.266. The smallest absolute Gasteiger partial charge is 0.147 e. The first-order valence-corrected chi connectivity index (χ1v) is 11.7. The molecule has 1 fully saturated rings. The van der Waals surface area contributed by atoms with E-state index >= 15 is 0 Å². The van der Waals surface area contributed by atoms with Crippen LogP contribution in [0, 0.1) is 18.6 Å². The van der Waals surface area contributed by atoms with Crippen LogP contribution in [0.2, 0.25) is 0 Å². The molecular weight excluding hydrogens is 412 g/mol. The molecule has 0 saturated heterocycles. The third-order valence-electron chi connectivity index (χ3n) is 5.80. The second-order valence-corrected chi connectivity index (χ2v) is 8.79. The predicted octanol–water partition coefficient (Wildman–Crippen LogP) is 6.45. The fourth-order valence-corrected chi connectivity index (χ4v) is 4.41. The Balaban J connectivity index is 0.000000339. The molecular formula is C25H31F2N3S. The number of rotatable bonds is 7. The van der Waals surface area contributed by atoms with Crippen LogP contribution in [0.4, 0.5) is 8.78 Å². The number of fused-ring (bicyclic) bond motifs is 1. The number of unbranched alkanes of at least 4 members (excludes halogenated alkanes) is 1. The van der Waals surface area contributed by atoms with Gasteiger partial charge in [0, 0.05) is 17.2 Å². The van der Waals surface area contributed by atoms with Crippen molar-refractivity contribution in [3.63, 3.8) is 0 Å². The summed E-state index contributed by atoms with van der Waals surface area (Å²) >= 11 is 1.39. The Labute approximate surface area is 187 Å². The lowest BCUT2D eigenvalue weighted by molar-refractivity contribution is 0.309. The molecule has 1 saturated carbocycles. The monoisotopic (exact) mass is 443 g/mol. The van der Waals surface area contributed by atoms with E-state index in [0.717, 1.165) is 59.2 Å². The summed E-state index contributed by atoms with van der Waals surface area (Å²) in [5.74, 6) is 0.935. The Kier molecular flexibility index (Phi) is 8.29. The number of hydrogen-bond donors (Lipinski definition) is 3. The molecule has 166 valence electrons. The maximum Gasteiger partial charge on any atom is 0.147 e. The Hall–Kier alpha value is -2.15. The van der Waals surface area contributed by atoms with Gasteiger partial charge in [-0.15, -0.1) is 6.58 Å². The van der Waals surface area contributed by atoms with E-state index in [2.05, 4.69) is 16.9 Å². The molecule has 0 amide bonds. The van der Waals surface area contributed by atoms with Gasteiger partial charge in [0.25, 0.3) is 0 Å². The zero-order valence-corrected chi connectivity index (χ0v) is 19.0. The van der Waals surface area contributed by atoms with Crippen molar-refractivity contribution in [2.45, 2.75) is 44.6 Å². The summed E-state index contributed by atoms with van der Waals surface area (Å²) in [6.07, 6.45) is 6.23. The van der Waals surface area contributed by atoms with Gasteiger partial charge in [-0.2, -0.15) is 0 Å². The molecule has 3 aromatic rings. The van der Waals surface area contributed by atoms with E-state index in [-0.39, 0.29) is 11.6 Å². The van der Waals surface area contributed by atoms with Gasteiger partial charge in [0.1, 0.15) is 11.6 Å². The maximum atomic E-state index is 14.4. The maximum absolute atomic E-state index is 14.4. The van der Waals surface area contributed by atoms with E-state index in [1.807, 2.05) is 26.1 Å². The average molecular weight is 444 g/mol. The molecule has 1 aromatic heterocycles. The molecule has 6 heteroatoms. The number of nitrogens with one attached hydrogen (secondary N) is 2. The van der Waals surface area contributed by atoms with Gasteiger partial charge in [-0.3, -0.25) is 5.14 Å². The predicted molar refractivity (Wildman–Crippen MR) is 129 cm³/mol. The number of aromatic nitrogens is 1. The lowest BCUT2D eigenvalue weighted by Gasteiger charge is -2.36. The first-order valence-electron chi connectivity index (χ1n) is 10.7. The van der Waals surface area contributed by atoms with Crippen LogP contribution >= 0.6 is 11.9 Å². The largest absolute Gasteiger partial charge is 0.352 e. The molecule has 2 aromatic carbocycles. The molecule has 1 aliphatic carbocycles. The van der Waals surface area contributed by atoms with Gasteiger partial charge in [0.2, 0.25) is 0 Å². The number of halogens is 2. The van der Waals surface area contributed by atoms with E-state index in [1.165, 1.54) is 24.1 Å². The van der Waals surface area contributed by atoms with Crippen LogP contribution in [0.5, 0.6) is 0 Å². The van der Waals surface area contributed by atoms with Gasteiger partial charge >= 0.3 is 0 Å². The van der Waals surface area contributed by atoms with Crippen LogP contribution in [0.3, 0.4) is 0 Å². The van der Waals surface area contributed by atoms with Crippen LogP contribution < -0.4 is 10.5 Å². The normalized spacial score (nSPS) is 17.7. The van der Waals surface area contributed by atoms with E-state index in [4.69, 9.17) is 5.14 Å². The zero-order chi connectivity index (χ0) is 22.4. The minimum Gasteiger partial charge on any atom is -0.352 e. The summed E-state index contributed by atoms with van der Waals surface area (Å²) < 4.78 is 27.7. The quantitative estimate of drug-likeness (QED) is 0.224. The molecule has 1 aliphatic rings. The van der Waals surface area contributed by atoms with Crippen LogP contribution in [0.1, 0.15) is 42.7 Å². The third-order valence-corrected chi connectivity index (χ3v) is 6.33. The summed E-state index contributed by atoms with van der Waals surface area (Å²) in [5.41, 5.74) is 4.42. The fourth-order valence-electron chi connectivity index (χ4n) is 4.08. The van der Waals surface area contributed by atoms with Crippen molar-refractivity contribution in [1.29, 1.82) is 0 Å². The first kappa shape index (κ1) is 23.5. The first-order chi connectivity index (χ1) is 15.0. The van der Waals surface area contributed by atoms with Gasteiger partial charge in [-0.25, -0.2) is 8.78 Å². The van der Waals surface area contributed by atoms with Crippen molar-refractivity contribution < 1.29 is 8.78 Å². The number of aryl methyl sites for hydroxylation is 1. The lowest BCUT2D eigenvalue weighted by atomic mass is 9.74. The SMILES string of the molecule is C=CCCCSN.CNC1CC(c2c(-c3ccc(F)cc3)[nH]c3c(F)cc(C)cc23)C1. The minimum absolute atomic E-state index is 0.232. The molecule has 31 heavy (non-hydrogen) atoms. The van der Waals surface area contributed by atoms with Crippen LogP contribution in [0.25, 0.3) is 22.2 Å². The number of benzene rings is 2. The number of hydrogen-bond acceptors (Lipinski definition) is 3. The molecule has 0 aliphatic heterocycles. The molecule has 0 spiro atoms. The van der Waals surface area contributed by atoms with Crippen LogP contribution in [-0.2, 0) is 0 Å². The topological polar surface area (TPSA) is 53.8 Å². The summed E-state index contributed by atoms with van der Waals surface area (Å²) in [7, 11) is 1.97. The second kappa shape index (κ2) is 10.9. The van der Waals surface area contributed by atoms with Gasteiger partial charge < -0.3 is 10.3 Å². The summed E-state index contributed by atoms with van der Waals surface area (Å²) in [5, 5.41) is 9.40. The lowest BCUT2D eigenvalue weighted by Crippen LogP contribution is -2.37. The Morgan fingerprint density at radius 3 is 2.55 bits per heavy atom. The number of nitrogens with two attached hydrogens (primary N) is 1. The highest BCUT2D eigenvalue weighted by Gasteiger charge is 2.33. The standard InChI is InChI=1S/C20H20F2N2.C5H11NS/c1-11-7-16-18(13-9-15(10-13)23-2)19(24-20(16)17(22)8-11)12-3-5-14(21)6-4-12;1-2-3-4-5-7-6/h3-8,13,15,23-24H,9-10H2,1-2H3;2H,1,3-6H2. The molecule has 0 atom stereocenters. The Bertz CT molecular complexity index is 1010. The van der Waals surface area contributed by atoms with E-state index in [1.54, 1.807) is 18.2 Å². The molecule has 1 heterocycles. The molecule has 4 N–H and O–H groups in total. The highest BCUT2D eigenvalue weighted by Crippen LogP contribution is 2.45. The van der Waals surface area contributed by atoms with Gasteiger partial charge in [0.15, 0.2) is 0 Å². The fraction of sp³-hybridized carbons (Fsp3) is 0.360. The van der Waals surface area contributed by atoms with E-state index in [9.17, 15) is 8.78 Å². The molecule has 3 nitrogen and oxygen atoms in total. The summed E-state index contributed by atoms with van der Waals surface area (Å²) in [6.45, 7) is 5.49. The van der Waals surface area contributed by atoms with E-state index < -0.39 is 0 Å². The van der Waals surface area contributed by atoms with Crippen molar-refractivity contribution in [2.24, 2.45) is 5.14 Å². The van der Waals surface area contributed by atoms with Gasteiger partial charge in [-0.05, 0) is 98.7 Å².